The second kappa shape index (κ2) is 11.7. The van der Waals surface area contributed by atoms with Crippen LogP contribution in [0, 0.1) is 11.3 Å². The predicted octanol–water partition coefficient (Wildman–Crippen LogP) is 3.74. The highest BCUT2D eigenvalue weighted by molar-refractivity contribution is 5.67. The van der Waals surface area contributed by atoms with E-state index in [-0.39, 0.29) is 0 Å². The molecule has 3 N–H and O–H groups in total. The third-order valence-electron chi connectivity index (χ3n) is 5.26. The minimum atomic E-state index is -0.496. The van der Waals surface area contributed by atoms with E-state index in [0.717, 1.165) is 49.6 Å². The molecule has 1 unspecified atom stereocenters. The van der Waals surface area contributed by atoms with Gasteiger partial charge in [-0.25, -0.2) is 9.78 Å². The lowest BCUT2D eigenvalue weighted by atomic mass is 10.2. The van der Waals surface area contributed by atoms with E-state index < -0.39 is 11.7 Å². The molecule has 0 radical (unpaired) electrons. The highest BCUT2D eigenvalue weighted by Crippen LogP contribution is 2.23. The van der Waals surface area contributed by atoms with Crippen molar-refractivity contribution in [2.75, 3.05) is 36.4 Å². The van der Waals surface area contributed by atoms with Crippen molar-refractivity contribution in [2.24, 2.45) is 0 Å². The molecule has 2 aromatic rings. The number of benzene rings is 1. The van der Waals surface area contributed by atoms with E-state index in [2.05, 4.69) is 44.9 Å². The van der Waals surface area contributed by atoms with Crippen molar-refractivity contribution in [2.45, 2.75) is 58.6 Å². The van der Waals surface area contributed by atoms with Gasteiger partial charge in [0.1, 0.15) is 11.4 Å². The van der Waals surface area contributed by atoms with Crippen molar-refractivity contribution in [3.8, 4) is 6.07 Å². The molecular weight excluding hydrogens is 430 g/mol. The molecule has 1 fully saturated rings. The molecule has 0 saturated carbocycles. The van der Waals surface area contributed by atoms with Crippen LogP contribution in [0.25, 0.3) is 0 Å². The number of hydrogen-bond acceptors (Lipinski definition) is 8. The average Bonchev–Trinajstić information content (AvgIpc) is 3.25. The highest BCUT2D eigenvalue weighted by Gasteiger charge is 2.24. The van der Waals surface area contributed by atoms with Gasteiger partial charge in [0.25, 0.3) is 0 Å². The third kappa shape index (κ3) is 7.89. The molecule has 1 saturated heterocycles. The number of aromatic nitrogens is 2. The van der Waals surface area contributed by atoms with Crippen LogP contribution in [-0.2, 0) is 11.2 Å². The number of anilines is 3. The number of rotatable bonds is 9. The Morgan fingerprint density at radius 3 is 2.82 bits per heavy atom. The predicted molar refractivity (Wildman–Crippen MR) is 133 cm³/mol. The standard InChI is InChI=1S/C25H35N7O2/c1-5-7-19-15-22(31-23(29-19)30-20-9-6-8-18(14-20)16-26)32-13-10-21(17-32)27-11-12-28-24(33)34-25(2,3)4/h6,8-9,14-15,21,27H,5,7,10-13,17H2,1-4H3,(H,28,33)(H,29,30,31). The summed E-state index contributed by atoms with van der Waals surface area (Å²) in [5.41, 5.74) is 1.87. The largest absolute Gasteiger partial charge is 0.444 e. The minimum Gasteiger partial charge on any atom is -0.444 e. The van der Waals surface area contributed by atoms with Crippen LogP contribution in [0.5, 0.6) is 0 Å². The molecule has 1 aliphatic rings. The number of ether oxygens (including phenoxy) is 1. The zero-order chi connectivity index (χ0) is 24.6. The Morgan fingerprint density at radius 2 is 2.09 bits per heavy atom. The fourth-order valence-corrected chi connectivity index (χ4v) is 3.77. The first-order valence-electron chi connectivity index (χ1n) is 11.9. The lowest BCUT2D eigenvalue weighted by Gasteiger charge is -2.21. The summed E-state index contributed by atoms with van der Waals surface area (Å²) in [5, 5.41) is 18.7. The smallest absolute Gasteiger partial charge is 0.407 e. The normalized spacial score (nSPS) is 15.6. The van der Waals surface area contributed by atoms with E-state index in [4.69, 9.17) is 15.0 Å². The van der Waals surface area contributed by atoms with Gasteiger partial charge in [-0.05, 0) is 51.8 Å². The van der Waals surface area contributed by atoms with E-state index in [1.807, 2.05) is 32.9 Å². The Hall–Kier alpha value is -3.38. The van der Waals surface area contributed by atoms with Crippen LogP contribution in [0.2, 0.25) is 0 Å². The Morgan fingerprint density at radius 1 is 1.26 bits per heavy atom. The van der Waals surface area contributed by atoms with Gasteiger partial charge in [0.15, 0.2) is 0 Å². The maximum atomic E-state index is 11.8. The van der Waals surface area contributed by atoms with Crippen LogP contribution in [0.4, 0.5) is 22.2 Å². The Kier molecular flexibility index (Phi) is 8.66. The summed E-state index contributed by atoms with van der Waals surface area (Å²) in [6.07, 6.45) is 2.46. The quantitative estimate of drug-likeness (QED) is 0.480. The van der Waals surface area contributed by atoms with Crippen LogP contribution in [0.1, 0.15) is 51.8 Å². The number of carbonyl (C=O) groups is 1. The summed E-state index contributed by atoms with van der Waals surface area (Å²) >= 11 is 0. The van der Waals surface area contributed by atoms with Crippen molar-refractivity contribution in [1.82, 2.24) is 20.6 Å². The first-order chi connectivity index (χ1) is 16.3. The molecule has 9 heteroatoms. The van der Waals surface area contributed by atoms with Crippen molar-refractivity contribution >= 4 is 23.5 Å². The van der Waals surface area contributed by atoms with Gasteiger partial charge in [0, 0.05) is 49.7 Å². The molecule has 2 heterocycles. The molecule has 0 bridgehead atoms. The summed E-state index contributed by atoms with van der Waals surface area (Å²) in [7, 11) is 0. The second-order valence-corrected chi connectivity index (χ2v) is 9.42. The summed E-state index contributed by atoms with van der Waals surface area (Å²) in [5.74, 6) is 1.43. The Labute approximate surface area is 201 Å². The lowest BCUT2D eigenvalue weighted by molar-refractivity contribution is 0.0528. The lowest BCUT2D eigenvalue weighted by Crippen LogP contribution is -2.40. The van der Waals surface area contributed by atoms with Gasteiger partial charge in [0.2, 0.25) is 5.95 Å². The first-order valence-corrected chi connectivity index (χ1v) is 11.9. The van der Waals surface area contributed by atoms with Gasteiger partial charge in [-0.2, -0.15) is 10.2 Å². The Bertz CT molecular complexity index is 1010. The van der Waals surface area contributed by atoms with Gasteiger partial charge < -0.3 is 25.6 Å². The number of carbonyl (C=O) groups excluding carboxylic acids is 1. The van der Waals surface area contributed by atoms with E-state index in [9.17, 15) is 4.79 Å². The molecule has 1 aliphatic heterocycles. The molecule has 34 heavy (non-hydrogen) atoms. The van der Waals surface area contributed by atoms with E-state index >= 15 is 0 Å². The van der Waals surface area contributed by atoms with E-state index in [1.54, 1.807) is 12.1 Å². The molecule has 9 nitrogen and oxygen atoms in total. The van der Waals surface area contributed by atoms with Crippen LogP contribution in [0.15, 0.2) is 30.3 Å². The fraction of sp³-hybridized carbons (Fsp3) is 0.520. The maximum absolute atomic E-state index is 11.8. The first kappa shape index (κ1) is 25.2. The number of nitrogens with zero attached hydrogens (tertiary/aromatic N) is 4. The van der Waals surface area contributed by atoms with Crippen molar-refractivity contribution < 1.29 is 9.53 Å². The maximum Gasteiger partial charge on any atom is 0.407 e. The third-order valence-corrected chi connectivity index (χ3v) is 5.26. The summed E-state index contributed by atoms with van der Waals surface area (Å²) < 4.78 is 5.26. The molecule has 0 spiro atoms. The molecule has 1 aromatic carbocycles. The van der Waals surface area contributed by atoms with Crippen molar-refractivity contribution in [1.29, 1.82) is 5.26 Å². The molecule has 3 rings (SSSR count). The number of aryl methyl sites for hydroxylation is 1. The Balaban J connectivity index is 1.57. The molecule has 1 atom stereocenters. The van der Waals surface area contributed by atoms with Crippen LogP contribution >= 0.6 is 0 Å². The summed E-state index contributed by atoms with van der Waals surface area (Å²) in [6.45, 7) is 10.6. The van der Waals surface area contributed by atoms with Gasteiger partial charge in [-0.15, -0.1) is 0 Å². The fourth-order valence-electron chi connectivity index (χ4n) is 3.77. The number of amides is 1. The van der Waals surface area contributed by atoms with Crippen LogP contribution < -0.4 is 20.9 Å². The molecule has 1 aromatic heterocycles. The van der Waals surface area contributed by atoms with Crippen LogP contribution in [-0.4, -0.2) is 53.9 Å². The van der Waals surface area contributed by atoms with Gasteiger partial charge in [0.05, 0.1) is 11.6 Å². The molecule has 1 amide bonds. The van der Waals surface area contributed by atoms with Gasteiger partial charge in [-0.3, -0.25) is 0 Å². The van der Waals surface area contributed by atoms with E-state index in [1.165, 1.54) is 0 Å². The van der Waals surface area contributed by atoms with Gasteiger partial charge >= 0.3 is 6.09 Å². The topological polar surface area (TPSA) is 115 Å². The van der Waals surface area contributed by atoms with Gasteiger partial charge in [-0.1, -0.05) is 19.4 Å². The zero-order valence-electron chi connectivity index (χ0n) is 20.5. The number of nitriles is 1. The van der Waals surface area contributed by atoms with Crippen molar-refractivity contribution in [3.63, 3.8) is 0 Å². The number of alkyl carbamates (subject to hydrolysis) is 1. The molecule has 0 aliphatic carbocycles. The monoisotopic (exact) mass is 465 g/mol. The SMILES string of the molecule is CCCc1cc(N2CCC(NCCNC(=O)OC(C)(C)C)C2)nc(Nc2cccc(C#N)c2)n1. The van der Waals surface area contributed by atoms with Crippen molar-refractivity contribution in [3.05, 3.63) is 41.6 Å². The molecule has 182 valence electrons. The second-order valence-electron chi connectivity index (χ2n) is 9.42. The summed E-state index contributed by atoms with van der Waals surface area (Å²) in [4.78, 5) is 23.5. The average molecular weight is 466 g/mol. The minimum absolute atomic E-state index is 0.314. The molecular formula is C25H35N7O2. The van der Waals surface area contributed by atoms with Crippen LogP contribution in [0.3, 0.4) is 0 Å². The zero-order valence-corrected chi connectivity index (χ0v) is 20.5. The van der Waals surface area contributed by atoms with E-state index in [0.29, 0.717) is 30.6 Å². The number of hydrogen-bond donors (Lipinski definition) is 3. The summed E-state index contributed by atoms with van der Waals surface area (Å²) in [6, 6.07) is 11.8. The number of nitrogens with one attached hydrogen (secondary N) is 3. The highest BCUT2D eigenvalue weighted by atomic mass is 16.6.